The number of hydrogen-bond acceptors (Lipinski definition) is 3. The summed E-state index contributed by atoms with van der Waals surface area (Å²) in [5, 5.41) is 16.7. The van der Waals surface area contributed by atoms with Gasteiger partial charge in [-0.05, 0) is 18.6 Å². The number of nitrogens with zero attached hydrogens (tertiary/aromatic N) is 3. The summed E-state index contributed by atoms with van der Waals surface area (Å²) >= 11 is 0. The molecule has 4 heteroatoms. The van der Waals surface area contributed by atoms with Gasteiger partial charge in [-0.3, -0.25) is 4.68 Å². The molecule has 0 spiro atoms. The zero-order chi connectivity index (χ0) is 12.8. The summed E-state index contributed by atoms with van der Waals surface area (Å²) in [7, 11) is 0. The van der Waals surface area contributed by atoms with Gasteiger partial charge in [0, 0.05) is 24.0 Å². The third-order valence-electron chi connectivity index (χ3n) is 2.65. The van der Waals surface area contributed by atoms with Gasteiger partial charge in [0.1, 0.15) is 6.04 Å². The summed E-state index contributed by atoms with van der Waals surface area (Å²) in [6, 6.07) is 11.6. The van der Waals surface area contributed by atoms with Crippen LogP contribution in [-0.4, -0.2) is 9.78 Å². The third-order valence-corrected chi connectivity index (χ3v) is 2.65. The van der Waals surface area contributed by atoms with Crippen LogP contribution in [-0.2, 0) is 6.54 Å². The van der Waals surface area contributed by atoms with Gasteiger partial charge in [-0.2, -0.15) is 10.4 Å². The van der Waals surface area contributed by atoms with Crippen LogP contribution in [0, 0.1) is 11.3 Å². The van der Waals surface area contributed by atoms with Crippen molar-refractivity contribution < 1.29 is 0 Å². The predicted octanol–water partition coefficient (Wildman–Crippen LogP) is 2.97. The van der Waals surface area contributed by atoms with Crippen LogP contribution in [0.1, 0.15) is 24.9 Å². The van der Waals surface area contributed by atoms with Crippen LogP contribution in [0.15, 0.2) is 42.7 Å². The SMILES string of the molecule is CCCn1cc(C(C#N)Nc2ccccc2)cn1. The van der Waals surface area contributed by atoms with Crippen molar-refractivity contribution in [1.82, 2.24) is 9.78 Å². The van der Waals surface area contributed by atoms with Crippen LogP contribution < -0.4 is 5.32 Å². The predicted molar refractivity (Wildman–Crippen MR) is 70.9 cm³/mol. The maximum absolute atomic E-state index is 9.23. The lowest BCUT2D eigenvalue weighted by Gasteiger charge is -2.10. The lowest BCUT2D eigenvalue weighted by molar-refractivity contribution is 0.602. The number of benzene rings is 1. The average Bonchev–Trinajstić information content (AvgIpc) is 2.86. The first-order valence-corrected chi connectivity index (χ1v) is 6.07. The fraction of sp³-hybridized carbons (Fsp3) is 0.286. The lowest BCUT2D eigenvalue weighted by atomic mass is 10.1. The molecule has 1 aromatic heterocycles. The number of aromatic nitrogens is 2. The number of hydrogen-bond donors (Lipinski definition) is 1. The summed E-state index contributed by atoms with van der Waals surface area (Å²) in [4.78, 5) is 0. The van der Waals surface area contributed by atoms with Crippen LogP contribution in [0.5, 0.6) is 0 Å². The van der Waals surface area contributed by atoms with Gasteiger partial charge < -0.3 is 5.32 Å². The van der Waals surface area contributed by atoms with E-state index in [4.69, 9.17) is 0 Å². The Morgan fingerprint density at radius 3 is 2.83 bits per heavy atom. The molecule has 0 aliphatic rings. The maximum Gasteiger partial charge on any atom is 0.143 e. The van der Waals surface area contributed by atoms with Gasteiger partial charge in [0.2, 0.25) is 0 Å². The van der Waals surface area contributed by atoms with E-state index in [0.717, 1.165) is 24.2 Å². The van der Waals surface area contributed by atoms with Gasteiger partial charge in [-0.25, -0.2) is 0 Å². The van der Waals surface area contributed by atoms with E-state index >= 15 is 0 Å². The molecule has 0 amide bonds. The average molecular weight is 240 g/mol. The van der Waals surface area contributed by atoms with Gasteiger partial charge in [0.05, 0.1) is 12.3 Å². The zero-order valence-corrected chi connectivity index (χ0v) is 10.4. The second-order valence-corrected chi connectivity index (χ2v) is 4.11. The van der Waals surface area contributed by atoms with E-state index in [1.54, 1.807) is 6.20 Å². The van der Waals surface area contributed by atoms with Gasteiger partial charge in [0.15, 0.2) is 0 Å². The highest BCUT2D eigenvalue weighted by atomic mass is 15.3. The Morgan fingerprint density at radius 1 is 1.39 bits per heavy atom. The molecular weight excluding hydrogens is 224 g/mol. The van der Waals surface area contributed by atoms with Crippen molar-refractivity contribution in [1.29, 1.82) is 5.26 Å². The molecule has 18 heavy (non-hydrogen) atoms. The summed E-state index contributed by atoms with van der Waals surface area (Å²) in [6.45, 7) is 2.98. The largest absolute Gasteiger partial charge is 0.366 e. The Labute approximate surface area is 107 Å². The van der Waals surface area contributed by atoms with Gasteiger partial charge in [0.25, 0.3) is 0 Å². The molecule has 0 radical (unpaired) electrons. The Bertz CT molecular complexity index is 524. The van der Waals surface area contributed by atoms with Crippen molar-refractivity contribution in [2.24, 2.45) is 0 Å². The van der Waals surface area contributed by atoms with Crippen molar-refractivity contribution in [2.45, 2.75) is 25.9 Å². The Kier molecular flexibility index (Phi) is 3.98. The third kappa shape index (κ3) is 2.89. The molecule has 0 aliphatic carbocycles. The molecule has 2 aromatic rings. The molecule has 1 aromatic carbocycles. The Hall–Kier alpha value is -2.28. The monoisotopic (exact) mass is 240 g/mol. The molecule has 0 saturated carbocycles. The molecule has 1 atom stereocenters. The van der Waals surface area contributed by atoms with Gasteiger partial charge >= 0.3 is 0 Å². The Morgan fingerprint density at radius 2 is 2.17 bits per heavy atom. The number of rotatable bonds is 5. The number of nitrogens with one attached hydrogen (secondary N) is 1. The highest BCUT2D eigenvalue weighted by molar-refractivity contribution is 5.46. The quantitative estimate of drug-likeness (QED) is 0.874. The minimum absolute atomic E-state index is 0.363. The second-order valence-electron chi connectivity index (χ2n) is 4.11. The van der Waals surface area contributed by atoms with E-state index in [9.17, 15) is 5.26 Å². The molecule has 0 bridgehead atoms. The first-order valence-electron chi connectivity index (χ1n) is 6.07. The normalized spacial score (nSPS) is 11.8. The Balaban J connectivity index is 2.11. The molecule has 4 nitrogen and oxygen atoms in total. The number of anilines is 1. The van der Waals surface area contributed by atoms with Gasteiger partial charge in [-0.15, -0.1) is 0 Å². The highest BCUT2D eigenvalue weighted by Crippen LogP contribution is 2.18. The molecule has 1 heterocycles. The first-order chi connectivity index (χ1) is 8.83. The minimum atomic E-state index is -0.363. The van der Waals surface area contributed by atoms with Crippen molar-refractivity contribution in [2.75, 3.05) is 5.32 Å². The maximum atomic E-state index is 9.23. The van der Waals surface area contributed by atoms with E-state index in [1.165, 1.54) is 0 Å². The number of nitriles is 1. The van der Waals surface area contributed by atoms with E-state index in [0.29, 0.717) is 0 Å². The molecular formula is C14H16N4. The van der Waals surface area contributed by atoms with E-state index in [1.807, 2.05) is 41.2 Å². The molecule has 1 N–H and O–H groups in total. The summed E-state index contributed by atoms with van der Waals surface area (Å²) in [6.07, 6.45) is 4.71. The summed E-state index contributed by atoms with van der Waals surface area (Å²) in [5.74, 6) is 0. The topological polar surface area (TPSA) is 53.6 Å². The number of aryl methyl sites for hydroxylation is 1. The summed E-state index contributed by atoms with van der Waals surface area (Å²) in [5.41, 5.74) is 1.84. The fourth-order valence-electron chi connectivity index (χ4n) is 1.77. The molecule has 2 rings (SSSR count). The lowest BCUT2D eigenvalue weighted by Crippen LogP contribution is -2.07. The van der Waals surface area contributed by atoms with Crippen LogP contribution in [0.3, 0.4) is 0 Å². The van der Waals surface area contributed by atoms with Crippen LogP contribution in [0.2, 0.25) is 0 Å². The van der Waals surface area contributed by atoms with E-state index in [2.05, 4.69) is 23.4 Å². The molecule has 0 fully saturated rings. The standard InChI is InChI=1S/C14H16N4/c1-2-8-18-11-12(10-16-18)14(9-15)17-13-6-4-3-5-7-13/h3-7,10-11,14,17H,2,8H2,1H3. The van der Waals surface area contributed by atoms with E-state index < -0.39 is 0 Å². The van der Waals surface area contributed by atoms with Crippen LogP contribution in [0.25, 0.3) is 0 Å². The second kappa shape index (κ2) is 5.87. The van der Waals surface area contributed by atoms with Gasteiger partial charge in [-0.1, -0.05) is 25.1 Å². The number of para-hydroxylation sites is 1. The van der Waals surface area contributed by atoms with Crippen molar-refractivity contribution in [3.63, 3.8) is 0 Å². The van der Waals surface area contributed by atoms with Crippen molar-refractivity contribution in [3.05, 3.63) is 48.3 Å². The van der Waals surface area contributed by atoms with Crippen molar-refractivity contribution in [3.8, 4) is 6.07 Å². The molecule has 0 aliphatic heterocycles. The van der Waals surface area contributed by atoms with Crippen molar-refractivity contribution >= 4 is 5.69 Å². The minimum Gasteiger partial charge on any atom is -0.366 e. The van der Waals surface area contributed by atoms with Crippen LogP contribution in [0.4, 0.5) is 5.69 Å². The highest BCUT2D eigenvalue weighted by Gasteiger charge is 2.12. The van der Waals surface area contributed by atoms with E-state index in [-0.39, 0.29) is 6.04 Å². The zero-order valence-electron chi connectivity index (χ0n) is 10.4. The molecule has 92 valence electrons. The first kappa shape index (κ1) is 12.2. The van der Waals surface area contributed by atoms with Crippen LogP contribution >= 0.6 is 0 Å². The summed E-state index contributed by atoms with van der Waals surface area (Å²) < 4.78 is 1.87. The smallest absolute Gasteiger partial charge is 0.143 e. The molecule has 0 saturated heterocycles. The molecule has 1 unspecified atom stereocenters. The fourth-order valence-corrected chi connectivity index (χ4v) is 1.77.